The SMILES string of the molecule is CCn1cc(Br)cc1C(=O)Nc1cc(C)nn1C. The maximum Gasteiger partial charge on any atom is 0.273 e. The first-order chi connectivity index (χ1) is 8.51. The number of hydrogen-bond acceptors (Lipinski definition) is 2. The van der Waals surface area contributed by atoms with Gasteiger partial charge in [-0.25, -0.2) is 0 Å². The summed E-state index contributed by atoms with van der Waals surface area (Å²) in [7, 11) is 1.80. The highest BCUT2D eigenvalue weighted by Gasteiger charge is 2.14. The molecule has 0 fully saturated rings. The van der Waals surface area contributed by atoms with Crippen LogP contribution in [0.1, 0.15) is 23.1 Å². The highest BCUT2D eigenvalue weighted by molar-refractivity contribution is 9.10. The minimum Gasteiger partial charge on any atom is -0.343 e. The van der Waals surface area contributed by atoms with E-state index >= 15 is 0 Å². The number of carbonyl (C=O) groups excluding carboxylic acids is 1. The van der Waals surface area contributed by atoms with Crippen molar-refractivity contribution in [3.05, 3.63) is 34.2 Å². The number of carbonyl (C=O) groups is 1. The van der Waals surface area contributed by atoms with Gasteiger partial charge >= 0.3 is 0 Å². The van der Waals surface area contributed by atoms with Crippen molar-refractivity contribution in [3.63, 3.8) is 0 Å². The molecule has 2 rings (SSSR count). The first kappa shape index (κ1) is 12.9. The largest absolute Gasteiger partial charge is 0.343 e. The molecule has 0 bridgehead atoms. The third-order valence-electron chi connectivity index (χ3n) is 2.68. The van der Waals surface area contributed by atoms with Crippen molar-refractivity contribution in [3.8, 4) is 0 Å². The van der Waals surface area contributed by atoms with Gasteiger partial charge in [0.2, 0.25) is 0 Å². The number of hydrogen-bond donors (Lipinski definition) is 1. The van der Waals surface area contributed by atoms with Gasteiger partial charge in [0.1, 0.15) is 11.5 Å². The molecule has 0 saturated carbocycles. The summed E-state index contributed by atoms with van der Waals surface area (Å²) in [6.45, 7) is 4.64. The van der Waals surface area contributed by atoms with Gasteiger partial charge in [-0.15, -0.1) is 0 Å². The minimum absolute atomic E-state index is 0.134. The van der Waals surface area contributed by atoms with Crippen LogP contribution >= 0.6 is 15.9 Å². The van der Waals surface area contributed by atoms with Crippen molar-refractivity contribution in [2.45, 2.75) is 20.4 Å². The zero-order valence-electron chi connectivity index (χ0n) is 10.6. The van der Waals surface area contributed by atoms with E-state index in [-0.39, 0.29) is 5.91 Å². The maximum absolute atomic E-state index is 12.2. The topological polar surface area (TPSA) is 51.9 Å². The third-order valence-corrected chi connectivity index (χ3v) is 3.11. The molecule has 1 N–H and O–H groups in total. The zero-order valence-corrected chi connectivity index (χ0v) is 12.2. The second kappa shape index (κ2) is 4.97. The molecule has 0 unspecified atom stereocenters. The van der Waals surface area contributed by atoms with Gasteiger partial charge in [0.25, 0.3) is 5.91 Å². The van der Waals surface area contributed by atoms with Crippen LogP contribution in [-0.4, -0.2) is 20.3 Å². The number of rotatable bonds is 3. The lowest BCUT2D eigenvalue weighted by Crippen LogP contribution is -2.18. The number of amides is 1. The van der Waals surface area contributed by atoms with Crippen LogP contribution in [0.2, 0.25) is 0 Å². The first-order valence-corrected chi connectivity index (χ1v) is 6.48. The summed E-state index contributed by atoms with van der Waals surface area (Å²) >= 11 is 3.38. The quantitative estimate of drug-likeness (QED) is 0.947. The molecule has 0 aliphatic rings. The number of halogens is 1. The van der Waals surface area contributed by atoms with Crippen LogP contribution in [0, 0.1) is 6.92 Å². The fraction of sp³-hybridized carbons (Fsp3) is 0.333. The number of aromatic nitrogens is 3. The molecule has 5 nitrogen and oxygen atoms in total. The Labute approximate surface area is 114 Å². The molecule has 2 aromatic heterocycles. The summed E-state index contributed by atoms with van der Waals surface area (Å²) in [6.07, 6.45) is 1.89. The smallest absolute Gasteiger partial charge is 0.273 e. The minimum atomic E-state index is -0.134. The van der Waals surface area contributed by atoms with Crippen LogP contribution in [-0.2, 0) is 13.6 Å². The normalized spacial score (nSPS) is 10.7. The zero-order chi connectivity index (χ0) is 13.3. The number of anilines is 1. The second-order valence-electron chi connectivity index (χ2n) is 4.08. The molecule has 1 amide bonds. The molecule has 2 aromatic rings. The van der Waals surface area contributed by atoms with Crippen molar-refractivity contribution >= 4 is 27.7 Å². The lowest BCUT2D eigenvalue weighted by atomic mass is 10.4. The van der Waals surface area contributed by atoms with Crippen LogP contribution in [0.5, 0.6) is 0 Å². The Kier molecular flexibility index (Phi) is 3.56. The number of nitrogens with one attached hydrogen (secondary N) is 1. The molecule has 0 aliphatic heterocycles. The van der Waals surface area contributed by atoms with Gasteiger partial charge in [0, 0.05) is 30.3 Å². The molecule has 0 aliphatic carbocycles. The van der Waals surface area contributed by atoms with Crippen LogP contribution in [0.25, 0.3) is 0 Å². The van der Waals surface area contributed by atoms with Crippen molar-refractivity contribution in [2.75, 3.05) is 5.32 Å². The van der Waals surface area contributed by atoms with Crippen LogP contribution in [0.15, 0.2) is 22.8 Å². The maximum atomic E-state index is 12.2. The van der Waals surface area contributed by atoms with Gasteiger partial charge in [0.15, 0.2) is 0 Å². The molecule has 96 valence electrons. The average Bonchev–Trinajstić information content (AvgIpc) is 2.82. The highest BCUT2D eigenvalue weighted by Crippen LogP contribution is 2.17. The lowest BCUT2D eigenvalue weighted by Gasteiger charge is -2.07. The predicted octanol–water partition coefficient (Wildman–Crippen LogP) is 2.56. The van der Waals surface area contributed by atoms with Crippen LogP contribution < -0.4 is 5.32 Å². The van der Waals surface area contributed by atoms with E-state index < -0.39 is 0 Å². The van der Waals surface area contributed by atoms with E-state index in [2.05, 4.69) is 26.3 Å². The molecule has 0 radical (unpaired) electrons. The van der Waals surface area contributed by atoms with Crippen molar-refractivity contribution in [1.29, 1.82) is 0 Å². The van der Waals surface area contributed by atoms with Gasteiger partial charge in [-0.3, -0.25) is 9.48 Å². The predicted molar refractivity (Wildman–Crippen MR) is 73.7 cm³/mol. The second-order valence-corrected chi connectivity index (χ2v) is 4.99. The summed E-state index contributed by atoms with van der Waals surface area (Å²) in [4.78, 5) is 12.2. The van der Waals surface area contributed by atoms with E-state index in [0.29, 0.717) is 11.5 Å². The number of nitrogens with zero attached hydrogens (tertiary/aromatic N) is 3. The molecule has 0 aromatic carbocycles. The summed E-state index contributed by atoms with van der Waals surface area (Å²) < 4.78 is 4.44. The van der Waals surface area contributed by atoms with Gasteiger partial charge in [-0.1, -0.05) is 0 Å². The molecule has 0 saturated heterocycles. The van der Waals surface area contributed by atoms with E-state index in [0.717, 1.165) is 16.7 Å². The van der Waals surface area contributed by atoms with E-state index in [4.69, 9.17) is 0 Å². The van der Waals surface area contributed by atoms with Gasteiger partial charge in [-0.2, -0.15) is 5.10 Å². The first-order valence-electron chi connectivity index (χ1n) is 5.69. The van der Waals surface area contributed by atoms with E-state index in [1.54, 1.807) is 11.7 Å². The molecule has 0 atom stereocenters. The van der Waals surface area contributed by atoms with E-state index in [1.165, 1.54) is 0 Å². The van der Waals surface area contributed by atoms with Crippen molar-refractivity contribution in [2.24, 2.45) is 7.05 Å². The number of aryl methyl sites for hydroxylation is 3. The Morgan fingerprint density at radius 2 is 2.22 bits per heavy atom. The Balaban J connectivity index is 2.24. The fourth-order valence-electron chi connectivity index (χ4n) is 1.83. The molecular weight excluding hydrogens is 296 g/mol. The fourth-order valence-corrected chi connectivity index (χ4v) is 2.30. The van der Waals surface area contributed by atoms with Crippen molar-refractivity contribution in [1.82, 2.24) is 14.3 Å². The highest BCUT2D eigenvalue weighted by atomic mass is 79.9. The molecular formula is C12H15BrN4O. The third kappa shape index (κ3) is 2.48. The van der Waals surface area contributed by atoms with Crippen LogP contribution in [0.4, 0.5) is 5.82 Å². The van der Waals surface area contributed by atoms with E-state index in [1.807, 2.05) is 36.7 Å². The molecule has 0 spiro atoms. The molecule has 18 heavy (non-hydrogen) atoms. The summed E-state index contributed by atoms with van der Waals surface area (Å²) in [5.41, 5.74) is 1.50. The van der Waals surface area contributed by atoms with Crippen molar-refractivity contribution < 1.29 is 4.79 Å². The monoisotopic (exact) mass is 310 g/mol. The summed E-state index contributed by atoms with van der Waals surface area (Å²) in [6, 6.07) is 3.65. The van der Waals surface area contributed by atoms with Gasteiger partial charge < -0.3 is 9.88 Å². The standard InChI is InChI=1S/C12H15BrN4O/c1-4-17-7-9(13)6-10(17)12(18)14-11-5-8(2)15-16(11)3/h5-7H,4H2,1-3H3,(H,14,18). The molecule has 2 heterocycles. The lowest BCUT2D eigenvalue weighted by molar-refractivity contribution is 0.101. The van der Waals surface area contributed by atoms with Gasteiger partial charge in [0.05, 0.1) is 5.69 Å². The molecule has 6 heteroatoms. The Morgan fingerprint density at radius 1 is 1.50 bits per heavy atom. The Morgan fingerprint density at radius 3 is 2.78 bits per heavy atom. The average molecular weight is 311 g/mol. The Bertz CT molecular complexity index is 585. The Hall–Kier alpha value is -1.56. The summed E-state index contributed by atoms with van der Waals surface area (Å²) in [5, 5.41) is 7.05. The summed E-state index contributed by atoms with van der Waals surface area (Å²) in [5.74, 6) is 0.558. The van der Waals surface area contributed by atoms with Gasteiger partial charge in [-0.05, 0) is 35.8 Å². The van der Waals surface area contributed by atoms with E-state index in [9.17, 15) is 4.79 Å². The van der Waals surface area contributed by atoms with Crippen LogP contribution in [0.3, 0.4) is 0 Å².